The third-order valence-electron chi connectivity index (χ3n) is 3.92. The molecule has 0 aliphatic carbocycles. The number of rotatable bonds is 5. The number of hydrogen-bond donors (Lipinski definition) is 1. The van der Waals surface area contributed by atoms with E-state index in [9.17, 15) is 4.79 Å². The first kappa shape index (κ1) is 16.5. The Bertz CT molecular complexity index is 855. The molecule has 0 spiro atoms. The van der Waals surface area contributed by atoms with Crippen LogP contribution in [0.2, 0.25) is 5.02 Å². The van der Waals surface area contributed by atoms with E-state index in [0.717, 1.165) is 29.6 Å². The Morgan fingerprint density at radius 2 is 2.00 bits per heavy atom. The third-order valence-corrected chi connectivity index (χ3v) is 4.15. The molecule has 0 unspecified atom stereocenters. The van der Waals surface area contributed by atoms with Crippen LogP contribution < -0.4 is 5.32 Å². The first-order chi connectivity index (χ1) is 11.6. The van der Waals surface area contributed by atoms with Gasteiger partial charge in [-0.05, 0) is 48.9 Å². The number of carbonyl (C=O) groups is 1. The molecule has 0 saturated heterocycles. The molecule has 1 amide bonds. The summed E-state index contributed by atoms with van der Waals surface area (Å²) in [6.07, 6.45) is 1.88. The molecule has 0 fully saturated rings. The second-order valence-corrected chi connectivity index (χ2v) is 6.32. The fourth-order valence-electron chi connectivity index (χ4n) is 2.55. The van der Waals surface area contributed by atoms with Crippen molar-refractivity contribution < 1.29 is 9.21 Å². The van der Waals surface area contributed by atoms with E-state index < -0.39 is 0 Å². The molecule has 124 valence electrons. The lowest BCUT2D eigenvalue weighted by Crippen LogP contribution is -2.20. The van der Waals surface area contributed by atoms with Crippen LogP contribution in [0.5, 0.6) is 0 Å². The lowest BCUT2D eigenvalue weighted by molar-refractivity contribution is -0.119. The molecule has 1 atom stereocenters. The Labute approximate surface area is 145 Å². The fraction of sp³-hybridized carbons (Fsp3) is 0.263. The van der Waals surface area contributed by atoms with E-state index in [1.807, 2.05) is 31.2 Å². The zero-order valence-corrected chi connectivity index (χ0v) is 14.4. The first-order valence-corrected chi connectivity index (χ1v) is 8.42. The van der Waals surface area contributed by atoms with Crippen molar-refractivity contribution in [1.29, 1.82) is 0 Å². The van der Waals surface area contributed by atoms with Crippen molar-refractivity contribution in [3.8, 4) is 11.5 Å². The summed E-state index contributed by atoms with van der Waals surface area (Å²) in [4.78, 5) is 16.5. The predicted molar refractivity (Wildman–Crippen MR) is 97.2 cm³/mol. The molecular formula is C19H19ClN2O2. The maximum Gasteiger partial charge on any atom is 0.227 e. The number of halogens is 1. The van der Waals surface area contributed by atoms with Gasteiger partial charge >= 0.3 is 0 Å². The number of nitrogens with one attached hydrogen (secondary N) is 1. The minimum atomic E-state index is 0.0106. The molecule has 1 heterocycles. The molecule has 3 rings (SSSR count). The van der Waals surface area contributed by atoms with E-state index in [-0.39, 0.29) is 11.8 Å². The van der Waals surface area contributed by atoms with Gasteiger partial charge in [-0.1, -0.05) is 31.9 Å². The van der Waals surface area contributed by atoms with Gasteiger partial charge in [0.1, 0.15) is 5.52 Å². The molecule has 1 N–H and O–H groups in total. The molecule has 0 saturated carbocycles. The molecule has 0 radical (unpaired) electrons. The molecular weight excluding hydrogens is 324 g/mol. The molecule has 0 aliphatic rings. The molecule has 1 aromatic heterocycles. The Balaban J connectivity index is 1.77. The van der Waals surface area contributed by atoms with Crippen LogP contribution in [0.15, 0.2) is 46.9 Å². The van der Waals surface area contributed by atoms with Crippen molar-refractivity contribution in [2.24, 2.45) is 5.92 Å². The number of anilines is 1. The summed E-state index contributed by atoms with van der Waals surface area (Å²) < 4.78 is 5.74. The van der Waals surface area contributed by atoms with Gasteiger partial charge in [-0.25, -0.2) is 4.98 Å². The maximum absolute atomic E-state index is 12.1. The number of nitrogens with zero attached hydrogens (tertiary/aromatic N) is 1. The van der Waals surface area contributed by atoms with Crippen LogP contribution in [0.3, 0.4) is 0 Å². The number of benzene rings is 2. The van der Waals surface area contributed by atoms with E-state index in [2.05, 4.69) is 17.2 Å². The van der Waals surface area contributed by atoms with Crippen molar-refractivity contribution >= 4 is 34.3 Å². The van der Waals surface area contributed by atoms with Gasteiger partial charge in [-0.15, -0.1) is 0 Å². The van der Waals surface area contributed by atoms with E-state index in [1.54, 1.807) is 18.2 Å². The van der Waals surface area contributed by atoms with Crippen molar-refractivity contribution in [2.75, 3.05) is 5.32 Å². The minimum absolute atomic E-state index is 0.0106. The second kappa shape index (κ2) is 7.05. The lowest BCUT2D eigenvalue weighted by Gasteiger charge is -2.11. The van der Waals surface area contributed by atoms with E-state index in [0.29, 0.717) is 16.5 Å². The molecule has 2 aromatic carbocycles. The van der Waals surface area contributed by atoms with Crippen LogP contribution in [-0.4, -0.2) is 10.9 Å². The Morgan fingerprint density at radius 3 is 2.71 bits per heavy atom. The largest absolute Gasteiger partial charge is 0.436 e. The number of oxazole rings is 1. The van der Waals surface area contributed by atoms with Crippen molar-refractivity contribution in [3.63, 3.8) is 0 Å². The Hall–Kier alpha value is -2.33. The molecule has 4 nitrogen and oxygen atoms in total. The van der Waals surface area contributed by atoms with Gasteiger partial charge in [0.2, 0.25) is 11.8 Å². The summed E-state index contributed by atoms with van der Waals surface area (Å²) in [5, 5.41) is 3.56. The number of amides is 1. The van der Waals surface area contributed by atoms with Crippen LogP contribution >= 0.6 is 11.6 Å². The third kappa shape index (κ3) is 3.60. The van der Waals surface area contributed by atoms with Crippen LogP contribution in [0, 0.1) is 5.92 Å². The minimum Gasteiger partial charge on any atom is -0.436 e. The molecule has 3 aromatic rings. The average Bonchev–Trinajstić information content (AvgIpc) is 2.98. The van der Waals surface area contributed by atoms with E-state index in [4.69, 9.17) is 16.0 Å². The summed E-state index contributed by atoms with van der Waals surface area (Å²) in [6.45, 7) is 4.02. The summed E-state index contributed by atoms with van der Waals surface area (Å²) in [5.74, 6) is 0.585. The SMILES string of the molecule is CCC[C@H](C)C(=O)Nc1ccc(-c2nc3cc(Cl)ccc3o2)cc1. The topological polar surface area (TPSA) is 55.1 Å². The van der Waals surface area contributed by atoms with Crippen molar-refractivity contribution in [2.45, 2.75) is 26.7 Å². The summed E-state index contributed by atoms with van der Waals surface area (Å²) in [7, 11) is 0. The molecule has 24 heavy (non-hydrogen) atoms. The van der Waals surface area contributed by atoms with Crippen molar-refractivity contribution in [1.82, 2.24) is 4.98 Å². The van der Waals surface area contributed by atoms with E-state index >= 15 is 0 Å². The smallest absolute Gasteiger partial charge is 0.227 e. The molecule has 0 bridgehead atoms. The Kier molecular flexibility index (Phi) is 4.86. The standard InChI is InChI=1S/C19H19ClN2O2/c1-3-4-12(2)18(23)21-15-8-5-13(6-9-15)19-22-16-11-14(20)7-10-17(16)24-19/h5-12H,3-4H2,1-2H3,(H,21,23)/t12-/m0/s1. The predicted octanol–water partition coefficient (Wildman–Crippen LogP) is 5.52. The van der Waals surface area contributed by atoms with Crippen molar-refractivity contribution in [3.05, 3.63) is 47.5 Å². The highest BCUT2D eigenvalue weighted by molar-refractivity contribution is 6.31. The number of carbonyl (C=O) groups excluding carboxylic acids is 1. The summed E-state index contributed by atoms with van der Waals surface area (Å²) >= 11 is 5.97. The van der Waals surface area contributed by atoms with Gasteiger partial charge in [0.15, 0.2) is 5.58 Å². The second-order valence-electron chi connectivity index (χ2n) is 5.89. The van der Waals surface area contributed by atoms with Gasteiger partial charge in [0.05, 0.1) is 0 Å². The van der Waals surface area contributed by atoms with Gasteiger partial charge in [0, 0.05) is 22.2 Å². The fourth-order valence-corrected chi connectivity index (χ4v) is 2.72. The zero-order valence-electron chi connectivity index (χ0n) is 13.7. The number of hydrogen-bond acceptors (Lipinski definition) is 3. The maximum atomic E-state index is 12.1. The normalized spacial score (nSPS) is 12.3. The lowest BCUT2D eigenvalue weighted by atomic mass is 10.1. The van der Waals surface area contributed by atoms with Crippen LogP contribution in [0.4, 0.5) is 5.69 Å². The molecule has 5 heteroatoms. The highest BCUT2D eigenvalue weighted by Crippen LogP contribution is 2.27. The number of fused-ring (bicyclic) bond motifs is 1. The Morgan fingerprint density at radius 1 is 1.25 bits per heavy atom. The first-order valence-electron chi connectivity index (χ1n) is 8.04. The highest BCUT2D eigenvalue weighted by atomic mass is 35.5. The van der Waals surface area contributed by atoms with Gasteiger partial charge < -0.3 is 9.73 Å². The highest BCUT2D eigenvalue weighted by Gasteiger charge is 2.12. The monoisotopic (exact) mass is 342 g/mol. The van der Waals surface area contributed by atoms with Crippen LogP contribution in [-0.2, 0) is 4.79 Å². The van der Waals surface area contributed by atoms with E-state index in [1.165, 1.54) is 0 Å². The summed E-state index contributed by atoms with van der Waals surface area (Å²) in [5.41, 5.74) is 3.04. The van der Waals surface area contributed by atoms with Crippen LogP contribution in [0.25, 0.3) is 22.6 Å². The quantitative estimate of drug-likeness (QED) is 0.663. The van der Waals surface area contributed by atoms with Gasteiger partial charge in [-0.3, -0.25) is 4.79 Å². The average molecular weight is 343 g/mol. The summed E-state index contributed by atoms with van der Waals surface area (Å²) in [6, 6.07) is 12.8. The molecule has 0 aliphatic heterocycles. The van der Waals surface area contributed by atoms with Gasteiger partial charge in [0.25, 0.3) is 0 Å². The van der Waals surface area contributed by atoms with Crippen LogP contribution in [0.1, 0.15) is 26.7 Å². The zero-order chi connectivity index (χ0) is 17.1. The van der Waals surface area contributed by atoms with Gasteiger partial charge in [-0.2, -0.15) is 0 Å². The number of aromatic nitrogens is 1.